The Morgan fingerprint density at radius 1 is 1.03 bits per heavy atom. The van der Waals surface area contributed by atoms with Gasteiger partial charge in [-0.1, -0.05) is 48.5 Å². The summed E-state index contributed by atoms with van der Waals surface area (Å²) >= 11 is 0. The quantitative estimate of drug-likeness (QED) is 0.429. The maximum atomic E-state index is 12.5. The van der Waals surface area contributed by atoms with Crippen molar-refractivity contribution in [2.24, 2.45) is 0 Å². The van der Waals surface area contributed by atoms with Crippen molar-refractivity contribution in [1.29, 1.82) is 0 Å². The topological polar surface area (TPSA) is 134 Å². The van der Waals surface area contributed by atoms with Crippen molar-refractivity contribution in [3.05, 3.63) is 59.7 Å². The molecule has 0 saturated carbocycles. The molecule has 33 heavy (non-hydrogen) atoms. The molecule has 0 heterocycles. The van der Waals surface area contributed by atoms with E-state index in [0.29, 0.717) is 0 Å². The number of nitrogens with one attached hydrogen (secondary N) is 2. The van der Waals surface area contributed by atoms with Gasteiger partial charge in [-0.3, -0.25) is 4.79 Å². The lowest BCUT2D eigenvalue weighted by molar-refractivity contribution is -0.147. The van der Waals surface area contributed by atoms with Gasteiger partial charge in [-0.05, 0) is 29.2 Å². The summed E-state index contributed by atoms with van der Waals surface area (Å²) in [6.07, 6.45) is -3.19. The third kappa shape index (κ3) is 5.68. The second-order valence-electron chi connectivity index (χ2n) is 7.82. The number of carboxylic acids is 1. The van der Waals surface area contributed by atoms with Crippen LogP contribution in [-0.2, 0) is 19.1 Å². The van der Waals surface area contributed by atoms with Crippen LogP contribution in [0.4, 0.5) is 4.79 Å². The largest absolute Gasteiger partial charge is 0.479 e. The van der Waals surface area contributed by atoms with Crippen molar-refractivity contribution in [2.45, 2.75) is 37.5 Å². The van der Waals surface area contributed by atoms with Gasteiger partial charge in [-0.15, -0.1) is 0 Å². The summed E-state index contributed by atoms with van der Waals surface area (Å²) in [6, 6.07) is 14.9. The molecule has 0 radical (unpaired) electrons. The number of aliphatic hydroxyl groups is 1. The molecule has 3 atom stereocenters. The summed E-state index contributed by atoms with van der Waals surface area (Å²) in [5.41, 5.74) is 4.36. The Morgan fingerprint density at radius 3 is 2.15 bits per heavy atom. The van der Waals surface area contributed by atoms with Gasteiger partial charge in [-0.2, -0.15) is 0 Å². The first-order valence-corrected chi connectivity index (χ1v) is 10.7. The van der Waals surface area contributed by atoms with Crippen LogP contribution in [0.1, 0.15) is 30.4 Å². The van der Waals surface area contributed by atoms with Crippen molar-refractivity contribution in [2.75, 3.05) is 20.3 Å². The molecule has 4 N–H and O–H groups in total. The molecule has 0 aliphatic heterocycles. The van der Waals surface area contributed by atoms with Crippen LogP contribution in [0.25, 0.3) is 11.1 Å². The zero-order valence-corrected chi connectivity index (χ0v) is 18.5. The summed E-state index contributed by atoms with van der Waals surface area (Å²) in [5, 5.41) is 23.1. The minimum Gasteiger partial charge on any atom is -0.479 e. The number of methoxy groups -OCH3 is 1. The lowest BCUT2D eigenvalue weighted by Crippen LogP contribution is -2.53. The van der Waals surface area contributed by atoms with Crippen LogP contribution in [0, 0.1) is 0 Å². The number of benzene rings is 2. The molecular weight excluding hydrogens is 428 g/mol. The number of amides is 2. The number of carbonyl (C=O) groups is 3. The van der Waals surface area contributed by atoms with Gasteiger partial charge in [0.05, 0.1) is 6.10 Å². The molecule has 2 aromatic rings. The highest BCUT2D eigenvalue weighted by Gasteiger charge is 2.31. The number of alkyl carbamates (subject to hydrolysis) is 1. The zero-order valence-electron chi connectivity index (χ0n) is 18.5. The normalized spacial score (nSPS) is 15.0. The molecule has 0 fully saturated rings. The van der Waals surface area contributed by atoms with E-state index in [1.54, 1.807) is 6.92 Å². The number of aliphatic carboxylic acids is 1. The third-order valence-electron chi connectivity index (χ3n) is 5.74. The first-order valence-electron chi connectivity index (χ1n) is 10.7. The van der Waals surface area contributed by atoms with E-state index in [1.165, 1.54) is 7.11 Å². The van der Waals surface area contributed by atoms with E-state index >= 15 is 0 Å². The van der Waals surface area contributed by atoms with Crippen LogP contribution >= 0.6 is 0 Å². The Balaban J connectivity index is 1.61. The molecule has 9 heteroatoms. The van der Waals surface area contributed by atoms with Gasteiger partial charge in [-0.25, -0.2) is 9.59 Å². The van der Waals surface area contributed by atoms with Gasteiger partial charge in [0, 0.05) is 26.0 Å². The molecule has 2 aromatic carbocycles. The maximum absolute atomic E-state index is 12.5. The Bertz CT molecular complexity index is 964. The molecule has 3 unspecified atom stereocenters. The van der Waals surface area contributed by atoms with Gasteiger partial charge in [0.25, 0.3) is 0 Å². The number of rotatable bonds is 10. The molecule has 1 aliphatic rings. The molecule has 2 amide bonds. The summed E-state index contributed by atoms with van der Waals surface area (Å²) < 4.78 is 10.7. The van der Waals surface area contributed by atoms with Crippen molar-refractivity contribution in [1.82, 2.24) is 10.6 Å². The fraction of sp³-hybridized carbons (Fsp3) is 0.375. The van der Waals surface area contributed by atoms with E-state index in [-0.39, 0.29) is 25.5 Å². The Kier molecular flexibility index (Phi) is 8.02. The predicted molar refractivity (Wildman–Crippen MR) is 120 cm³/mol. The minimum absolute atomic E-state index is 0.0778. The molecule has 176 valence electrons. The lowest BCUT2D eigenvalue weighted by atomic mass is 9.98. The Hall–Kier alpha value is -3.43. The highest BCUT2D eigenvalue weighted by atomic mass is 16.5. The first-order chi connectivity index (χ1) is 15.8. The molecular formula is C24H28N2O7. The number of ether oxygens (including phenoxy) is 2. The van der Waals surface area contributed by atoms with E-state index in [9.17, 15) is 19.5 Å². The summed E-state index contributed by atoms with van der Waals surface area (Å²) in [7, 11) is 1.40. The average Bonchev–Trinajstić information content (AvgIpc) is 3.14. The van der Waals surface area contributed by atoms with Crippen LogP contribution in [0.2, 0.25) is 0 Å². The molecule has 1 aliphatic carbocycles. The summed E-state index contributed by atoms with van der Waals surface area (Å²) in [4.78, 5) is 35.8. The molecule has 0 bridgehead atoms. The molecule has 0 spiro atoms. The van der Waals surface area contributed by atoms with Gasteiger partial charge in [0.2, 0.25) is 5.91 Å². The van der Waals surface area contributed by atoms with E-state index in [0.717, 1.165) is 22.3 Å². The van der Waals surface area contributed by atoms with Crippen molar-refractivity contribution >= 4 is 18.0 Å². The zero-order chi connectivity index (χ0) is 24.0. The fourth-order valence-electron chi connectivity index (χ4n) is 3.86. The molecule has 9 nitrogen and oxygen atoms in total. The average molecular weight is 456 g/mol. The van der Waals surface area contributed by atoms with Crippen LogP contribution < -0.4 is 10.6 Å². The van der Waals surface area contributed by atoms with Crippen molar-refractivity contribution in [3.8, 4) is 11.1 Å². The minimum atomic E-state index is -1.58. The predicted octanol–water partition coefficient (Wildman–Crippen LogP) is 1.88. The fourth-order valence-corrected chi connectivity index (χ4v) is 3.86. The number of carboxylic acid groups (broad SMARTS) is 1. The second kappa shape index (κ2) is 10.9. The van der Waals surface area contributed by atoms with Crippen LogP contribution in [0.3, 0.4) is 0 Å². The van der Waals surface area contributed by atoms with Crippen molar-refractivity contribution in [3.63, 3.8) is 0 Å². The third-order valence-corrected chi connectivity index (χ3v) is 5.74. The van der Waals surface area contributed by atoms with E-state index < -0.39 is 36.2 Å². The summed E-state index contributed by atoms with van der Waals surface area (Å²) in [6.45, 7) is 1.63. The number of hydrogen-bond donors (Lipinski definition) is 4. The Morgan fingerprint density at radius 2 is 1.61 bits per heavy atom. The summed E-state index contributed by atoms with van der Waals surface area (Å²) in [5.74, 6) is -2.06. The standard InChI is InChI=1S/C24H28N2O7/c1-14(32-2)21(22(28)25-12-11-20(27)23(29)30)26-24(31)33-13-19-17-9-5-3-7-15(17)16-8-4-6-10-18(16)19/h3-10,14,19-21,27H,11-13H2,1-2H3,(H,25,28)(H,26,31)(H,29,30). The maximum Gasteiger partial charge on any atom is 0.407 e. The van der Waals surface area contributed by atoms with Gasteiger partial charge < -0.3 is 30.3 Å². The van der Waals surface area contributed by atoms with Crippen molar-refractivity contribution < 1.29 is 34.1 Å². The molecule has 3 rings (SSSR count). The number of hydrogen-bond acceptors (Lipinski definition) is 6. The molecule has 0 saturated heterocycles. The van der Waals surface area contributed by atoms with E-state index in [4.69, 9.17) is 14.6 Å². The number of aliphatic hydroxyl groups excluding tert-OH is 1. The van der Waals surface area contributed by atoms with Gasteiger partial charge in [0.1, 0.15) is 12.6 Å². The van der Waals surface area contributed by atoms with Crippen LogP contribution in [0.15, 0.2) is 48.5 Å². The monoisotopic (exact) mass is 456 g/mol. The number of fused-ring (bicyclic) bond motifs is 3. The van der Waals surface area contributed by atoms with Crippen LogP contribution in [0.5, 0.6) is 0 Å². The Labute approximate surface area is 191 Å². The number of carbonyl (C=O) groups excluding carboxylic acids is 2. The molecule has 0 aromatic heterocycles. The highest BCUT2D eigenvalue weighted by molar-refractivity contribution is 5.86. The SMILES string of the molecule is COC(C)C(NC(=O)OCC1c2ccccc2-c2ccccc21)C(=O)NCCC(O)C(=O)O. The lowest BCUT2D eigenvalue weighted by Gasteiger charge is -2.23. The van der Waals surface area contributed by atoms with Crippen LogP contribution in [-0.4, -0.2) is 66.7 Å². The van der Waals surface area contributed by atoms with E-state index in [2.05, 4.69) is 10.6 Å². The smallest absolute Gasteiger partial charge is 0.407 e. The second-order valence-corrected chi connectivity index (χ2v) is 7.82. The van der Waals surface area contributed by atoms with Gasteiger partial charge in [0.15, 0.2) is 6.10 Å². The van der Waals surface area contributed by atoms with E-state index in [1.807, 2.05) is 48.5 Å². The van der Waals surface area contributed by atoms with Gasteiger partial charge >= 0.3 is 12.1 Å². The highest BCUT2D eigenvalue weighted by Crippen LogP contribution is 2.44. The first kappa shape index (κ1) is 24.2.